The van der Waals surface area contributed by atoms with E-state index in [2.05, 4.69) is 26.0 Å². The average molecular weight is 236 g/mol. The average Bonchev–Trinajstić information content (AvgIpc) is 2.25. The van der Waals surface area contributed by atoms with Crippen molar-refractivity contribution in [2.24, 2.45) is 11.7 Å². The lowest BCUT2D eigenvalue weighted by molar-refractivity contribution is 0.747. The van der Waals surface area contributed by atoms with Crippen LogP contribution in [-0.4, -0.2) is 11.6 Å². The molecule has 0 aromatic heterocycles. The highest BCUT2D eigenvalue weighted by Crippen LogP contribution is 2.32. The molecule has 3 N–H and O–H groups in total. The fourth-order valence-corrected chi connectivity index (χ4v) is 2.71. The molecule has 1 aromatic carbocycles. The smallest absolute Gasteiger partial charge is 0.0919 e. The third kappa shape index (κ3) is 4.71. The van der Waals surface area contributed by atoms with Gasteiger partial charge in [-0.1, -0.05) is 44.2 Å². The number of nitrogens with one attached hydrogen (secondary N) is 1. The molecule has 2 nitrogen and oxygen atoms in total. The summed E-state index contributed by atoms with van der Waals surface area (Å²) in [6.07, 6.45) is 0.640. The van der Waals surface area contributed by atoms with Gasteiger partial charge in [-0.15, -0.1) is 0 Å². The third-order valence-electron chi connectivity index (χ3n) is 2.21. The zero-order chi connectivity index (χ0) is 12.0. The highest BCUT2D eigenvalue weighted by atomic mass is 32.2. The molecule has 0 fully saturated rings. The molecule has 0 amide bonds. The molecule has 88 valence electrons. The van der Waals surface area contributed by atoms with Crippen molar-refractivity contribution in [2.45, 2.75) is 25.5 Å². The fraction of sp³-hybridized carbons (Fsp3) is 0.462. The minimum absolute atomic E-state index is 0.269. The topological polar surface area (TPSA) is 49.9 Å². The highest BCUT2D eigenvalue weighted by Gasteiger charge is 2.13. The first-order chi connectivity index (χ1) is 7.59. The molecule has 1 atom stereocenters. The maximum Gasteiger partial charge on any atom is 0.0919 e. The second-order valence-corrected chi connectivity index (χ2v) is 5.59. The summed E-state index contributed by atoms with van der Waals surface area (Å²) < 4.78 is 0. The molecule has 0 aliphatic carbocycles. The van der Waals surface area contributed by atoms with Crippen molar-refractivity contribution < 1.29 is 0 Å². The zero-order valence-corrected chi connectivity index (χ0v) is 10.8. The molecule has 0 saturated carbocycles. The summed E-state index contributed by atoms with van der Waals surface area (Å²) in [4.78, 5) is 0. The van der Waals surface area contributed by atoms with Crippen LogP contribution in [0.2, 0.25) is 0 Å². The number of amidine groups is 1. The van der Waals surface area contributed by atoms with Crippen LogP contribution < -0.4 is 5.73 Å². The van der Waals surface area contributed by atoms with E-state index < -0.39 is 0 Å². The van der Waals surface area contributed by atoms with Crippen LogP contribution in [-0.2, 0) is 0 Å². The summed E-state index contributed by atoms with van der Waals surface area (Å²) in [6.45, 7) is 4.42. The van der Waals surface area contributed by atoms with Gasteiger partial charge in [-0.2, -0.15) is 11.8 Å². The van der Waals surface area contributed by atoms with Crippen LogP contribution in [0, 0.1) is 11.3 Å². The summed E-state index contributed by atoms with van der Waals surface area (Å²) in [7, 11) is 0. The predicted octanol–water partition coefficient (Wildman–Crippen LogP) is 3.44. The van der Waals surface area contributed by atoms with Gasteiger partial charge >= 0.3 is 0 Å². The Morgan fingerprint density at radius 2 is 1.94 bits per heavy atom. The quantitative estimate of drug-likeness (QED) is 0.587. The largest absolute Gasteiger partial charge is 0.388 e. The Bertz CT molecular complexity index is 322. The van der Waals surface area contributed by atoms with Gasteiger partial charge in [0, 0.05) is 11.7 Å². The number of hydrogen-bond acceptors (Lipinski definition) is 2. The van der Waals surface area contributed by atoms with Crippen LogP contribution in [0.5, 0.6) is 0 Å². The van der Waals surface area contributed by atoms with E-state index in [0.717, 1.165) is 5.75 Å². The minimum Gasteiger partial charge on any atom is -0.388 e. The van der Waals surface area contributed by atoms with Gasteiger partial charge in [0.15, 0.2) is 0 Å². The van der Waals surface area contributed by atoms with Gasteiger partial charge in [-0.05, 0) is 17.2 Å². The molecule has 0 heterocycles. The van der Waals surface area contributed by atoms with Crippen LogP contribution in [0.25, 0.3) is 0 Å². The number of hydrogen-bond donors (Lipinski definition) is 2. The Kier molecular flexibility index (Phi) is 5.39. The SMILES string of the molecule is CC(C)CSC(CC(=N)N)c1ccccc1. The molecule has 0 aliphatic rings. The van der Waals surface area contributed by atoms with Crippen molar-refractivity contribution >= 4 is 17.6 Å². The van der Waals surface area contributed by atoms with Crippen molar-refractivity contribution in [3.63, 3.8) is 0 Å². The van der Waals surface area contributed by atoms with Crippen molar-refractivity contribution in [3.05, 3.63) is 35.9 Å². The highest BCUT2D eigenvalue weighted by molar-refractivity contribution is 7.99. The maximum absolute atomic E-state index is 7.42. The zero-order valence-electron chi connectivity index (χ0n) is 9.94. The second-order valence-electron chi connectivity index (χ2n) is 4.36. The van der Waals surface area contributed by atoms with Gasteiger partial charge in [0.2, 0.25) is 0 Å². The third-order valence-corrected chi connectivity index (χ3v) is 3.91. The molecular formula is C13H20N2S. The van der Waals surface area contributed by atoms with Gasteiger partial charge in [-0.25, -0.2) is 0 Å². The molecule has 1 unspecified atom stereocenters. The van der Waals surface area contributed by atoms with E-state index in [1.165, 1.54) is 5.56 Å². The number of nitrogens with two attached hydrogens (primary N) is 1. The van der Waals surface area contributed by atoms with Gasteiger partial charge in [0.25, 0.3) is 0 Å². The number of benzene rings is 1. The number of rotatable bonds is 6. The Morgan fingerprint density at radius 1 is 1.31 bits per heavy atom. The van der Waals surface area contributed by atoms with E-state index in [0.29, 0.717) is 17.6 Å². The summed E-state index contributed by atoms with van der Waals surface area (Å²) in [5.74, 6) is 2.04. The van der Waals surface area contributed by atoms with Crippen LogP contribution in [0.1, 0.15) is 31.1 Å². The summed E-state index contributed by atoms with van der Waals surface area (Å²) in [5, 5.41) is 7.74. The lowest BCUT2D eigenvalue weighted by Gasteiger charge is -2.17. The molecule has 0 radical (unpaired) electrons. The van der Waals surface area contributed by atoms with Gasteiger partial charge in [0.1, 0.15) is 0 Å². The minimum atomic E-state index is 0.269. The summed E-state index contributed by atoms with van der Waals surface area (Å²) in [6, 6.07) is 10.3. The standard InChI is InChI=1S/C13H20N2S/c1-10(2)9-16-12(8-13(14)15)11-6-4-3-5-7-11/h3-7,10,12H,8-9H2,1-2H3,(H3,14,15). The van der Waals surface area contributed by atoms with Crippen LogP contribution in [0.4, 0.5) is 0 Å². The van der Waals surface area contributed by atoms with E-state index in [1.54, 1.807) is 0 Å². The fourth-order valence-electron chi connectivity index (χ4n) is 1.45. The lowest BCUT2D eigenvalue weighted by Crippen LogP contribution is -2.13. The Balaban J connectivity index is 2.67. The van der Waals surface area contributed by atoms with E-state index in [4.69, 9.17) is 11.1 Å². The van der Waals surface area contributed by atoms with Gasteiger partial charge < -0.3 is 5.73 Å². The van der Waals surface area contributed by atoms with Crippen LogP contribution in [0.15, 0.2) is 30.3 Å². The van der Waals surface area contributed by atoms with Crippen LogP contribution in [0.3, 0.4) is 0 Å². The first-order valence-electron chi connectivity index (χ1n) is 5.59. The molecule has 0 saturated heterocycles. The van der Waals surface area contributed by atoms with Crippen molar-refractivity contribution in [3.8, 4) is 0 Å². The summed E-state index contributed by atoms with van der Waals surface area (Å²) in [5.41, 5.74) is 6.77. The van der Waals surface area contributed by atoms with Crippen LogP contribution >= 0.6 is 11.8 Å². The van der Waals surface area contributed by atoms with Gasteiger partial charge in [0.05, 0.1) is 5.84 Å². The van der Waals surface area contributed by atoms with E-state index in [9.17, 15) is 0 Å². The van der Waals surface area contributed by atoms with Crippen molar-refractivity contribution in [1.82, 2.24) is 0 Å². The van der Waals surface area contributed by atoms with E-state index >= 15 is 0 Å². The predicted molar refractivity (Wildman–Crippen MR) is 73.0 cm³/mol. The van der Waals surface area contributed by atoms with E-state index in [-0.39, 0.29) is 5.84 Å². The molecule has 1 aromatic rings. The normalized spacial score (nSPS) is 12.7. The Labute approximate surface area is 102 Å². The Morgan fingerprint density at radius 3 is 2.44 bits per heavy atom. The van der Waals surface area contributed by atoms with Crippen molar-refractivity contribution in [1.29, 1.82) is 5.41 Å². The lowest BCUT2D eigenvalue weighted by atomic mass is 10.1. The van der Waals surface area contributed by atoms with E-state index in [1.807, 2.05) is 30.0 Å². The molecular weight excluding hydrogens is 216 g/mol. The second kappa shape index (κ2) is 6.59. The van der Waals surface area contributed by atoms with Crippen molar-refractivity contribution in [2.75, 3.05) is 5.75 Å². The molecule has 16 heavy (non-hydrogen) atoms. The first kappa shape index (κ1) is 13.1. The molecule has 0 spiro atoms. The summed E-state index contributed by atoms with van der Waals surface area (Å²) >= 11 is 1.89. The molecule has 0 aliphatic heterocycles. The molecule has 1 rings (SSSR count). The Hall–Kier alpha value is -0.960. The molecule has 0 bridgehead atoms. The first-order valence-corrected chi connectivity index (χ1v) is 6.64. The number of thioether (sulfide) groups is 1. The maximum atomic E-state index is 7.42. The molecule has 3 heteroatoms. The monoisotopic (exact) mass is 236 g/mol. The van der Waals surface area contributed by atoms with Gasteiger partial charge in [-0.3, -0.25) is 5.41 Å².